The number of carbonyl (C=O) groups excluding carboxylic acids is 1. The highest BCUT2D eigenvalue weighted by Gasteiger charge is 2.34. The highest BCUT2D eigenvalue weighted by Crippen LogP contribution is 2.31. The van der Waals surface area contributed by atoms with Gasteiger partial charge in [0.25, 0.3) is 5.91 Å². The molecule has 0 aliphatic rings. The maximum absolute atomic E-state index is 12.9. The van der Waals surface area contributed by atoms with Gasteiger partial charge in [-0.05, 0) is 48.5 Å². The molecule has 0 bridgehead atoms. The van der Waals surface area contributed by atoms with E-state index in [1.165, 1.54) is 24.3 Å². The normalized spacial score (nSPS) is 12.6. The van der Waals surface area contributed by atoms with E-state index in [9.17, 15) is 9.18 Å². The van der Waals surface area contributed by atoms with Crippen LogP contribution in [0.1, 0.15) is 10.4 Å². The van der Waals surface area contributed by atoms with E-state index in [4.69, 9.17) is 46.4 Å². The van der Waals surface area contributed by atoms with E-state index in [0.717, 1.165) is 0 Å². The lowest BCUT2D eigenvalue weighted by Crippen LogP contribution is -2.49. The maximum Gasteiger partial charge on any atom is 0.252 e. The number of hydrogen-bond donors (Lipinski definition) is 2. The van der Waals surface area contributed by atoms with Crippen molar-refractivity contribution in [2.24, 2.45) is 0 Å². The molecule has 2 N–H and O–H groups in total. The van der Waals surface area contributed by atoms with Crippen LogP contribution >= 0.6 is 46.4 Å². The van der Waals surface area contributed by atoms with Crippen LogP contribution in [0.4, 0.5) is 10.1 Å². The van der Waals surface area contributed by atoms with Crippen LogP contribution in [-0.4, -0.2) is 15.9 Å². The number of rotatable bonds is 4. The molecule has 0 heterocycles. The van der Waals surface area contributed by atoms with Crippen molar-refractivity contribution in [1.82, 2.24) is 5.32 Å². The van der Waals surface area contributed by atoms with Gasteiger partial charge < -0.3 is 10.6 Å². The van der Waals surface area contributed by atoms with Crippen LogP contribution in [0, 0.1) is 5.82 Å². The second kappa shape index (κ2) is 7.58. The van der Waals surface area contributed by atoms with Crippen LogP contribution in [0.5, 0.6) is 0 Å². The Labute approximate surface area is 152 Å². The molecule has 8 heteroatoms. The number of anilines is 1. The molecular weight excluding hydrogens is 385 g/mol. The Kier molecular flexibility index (Phi) is 5.98. The van der Waals surface area contributed by atoms with Gasteiger partial charge in [-0.3, -0.25) is 4.79 Å². The molecule has 2 aromatic carbocycles. The fraction of sp³-hybridized carbons (Fsp3) is 0.133. The summed E-state index contributed by atoms with van der Waals surface area (Å²) in [6.45, 7) is 0. The maximum atomic E-state index is 12.9. The Morgan fingerprint density at radius 1 is 1.00 bits per heavy atom. The molecule has 2 rings (SSSR count). The molecule has 23 heavy (non-hydrogen) atoms. The van der Waals surface area contributed by atoms with Gasteiger partial charge in [-0.2, -0.15) is 0 Å². The Balaban J connectivity index is 2.14. The van der Waals surface area contributed by atoms with Crippen molar-refractivity contribution in [3.05, 3.63) is 64.9 Å². The van der Waals surface area contributed by atoms with Gasteiger partial charge in [0.05, 0.1) is 0 Å². The van der Waals surface area contributed by atoms with E-state index < -0.39 is 21.7 Å². The first-order chi connectivity index (χ1) is 10.8. The predicted molar refractivity (Wildman–Crippen MR) is 93.0 cm³/mol. The second-order valence-electron chi connectivity index (χ2n) is 4.61. The molecular formula is C15H11Cl4FN2O. The third kappa shape index (κ3) is 5.43. The summed E-state index contributed by atoms with van der Waals surface area (Å²) >= 11 is 23.5. The van der Waals surface area contributed by atoms with E-state index in [2.05, 4.69) is 10.6 Å². The van der Waals surface area contributed by atoms with Gasteiger partial charge >= 0.3 is 0 Å². The van der Waals surface area contributed by atoms with E-state index in [0.29, 0.717) is 10.7 Å². The van der Waals surface area contributed by atoms with Gasteiger partial charge in [0.15, 0.2) is 0 Å². The molecule has 0 aliphatic carbocycles. The lowest BCUT2D eigenvalue weighted by Gasteiger charge is -2.27. The van der Waals surface area contributed by atoms with Gasteiger partial charge in [0, 0.05) is 16.3 Å². The Morgan fingerprint density at radius 2 is 1.57 bits per heavy atom. The summed E-state index contributed by atoms with van der Waals surface area (Å²) in [6.07, 6.45) is -1.01. The minimum atomic E-state index is -1.81. The lowest BCUT2D eigenvalue weighted by molar-refractivity contribution is 0.0942. The summed E-state index contributed by atoms with van der Waals surface area (Å²) in [5, 5.41) is 6.00. The van der Waals surface area contributed by atoms with Gasteiger partial charge in [-0.25, -0.2) is 4.39 Å². The summed E-state index contributed by atoms with van der Waals surface area (Å²) in [6, 6.07) is 11.7. The van der Waals surface area contributed by atoms with Crippen molar-refractivity contribution in [2.75, 3.05) is 5.32 Å². The first-order valence-electron chi connectivity index (χ1n) is 6.41. The number of nitrogens with one attached hydrogen (secondary N) is 2. The molecule has 3 nitrogen and oxygen atoms in total. The van der Waals surface area contributed by atoms with Crippen molar-refractivity contribution in [1.29, 1.82) is 0 Å². The van der Waals surface area contributed by atoms with Crippen LogP contribution in [0.3, 0.4) is 0 Å². The molecule has 122 valence electrons. The fourth-order valence-electron chi connectivity index (χ4n) is 1.73. The van der Waals surface area contributed by atoms with E-state index in [1.54, 1.807) is 24.3 Å². The average molecular weight is 396 g/mol. The predicted octanol–water partition coefficient (Wildman–Crippen LogP) is 5.02. The number of alkyl halides is 3. The topological polar surface area (TPSA) is 41.1 Å². The zero-order valence-corrected chi connectivity index (χ0v) is 14.5. The van der Waals surface area contributed by atoms with E-state index >= 15 is 0 Å². The monoisotopic (exact) mass is 394 g/mol. The quantitative estimate of drug-likeness (QED) is 0.563. The lowest BCUT2D eigenvalue weighted by atomic mass is 10.2. The van der Waals surface area contributed by atoms with Crippen molar-refractivity contribution < 1.29 is 9.18 Å². The average Bonchev–Trinajstić information content (AvgIpc) is 2.48. The van der Waals surface area contributed by atoms with Crippen molar-refractivity contribution in [3.63, 3.8) is 0 Å². The molecule has 2 aromatic rings. The fourth-order valence-corrected chi connectivity index (χ4v) is 2.18. The molecule has 0 spiro atoms. The molecule has 0 aromatic heterocycles. The number of benzene rings is 2. The Hall–Kier alpha value is -1.20. The number of hydrogen-bond acceptors (Lipinski definition) is 2. The van der Waals surface area contributed by atoms with Gasteiger partial charge in [0.2, 0.25) is 3.79 Å². The van der Waals surface area contributed by atoms with Crippen LogP contribution in [-0.2, 0) is 0 Å². The Morgan fingerprint density at radius 3 is 2.09 bits per heavy atom. The zero-order valence-electron chi connectivity index (χ0n) is 11.5. The summed E-state index contributed by atoms with van der Waals surface area (Å²) in [5.41, 5.74) is 0.841. The number of amides is 1. The van der Waals surface area contributed by atoms with Gasteiger partial charge in [-0.1, -0.05) is 46.4 Å². The minimum absolute atomic E-state index is 0.239. The molecule has 1 atom stereocenters. The standard InChI is InChI=1S/C15H11Cl4FN2O/c16-10-3-7-12(8-4-10)21-14(15(17,18)19)22-13(23)9-1-5-11(20)6-2-9/h1-8,14,21H,(H,22,23). The molecule has 0 radical (unpaired) electrons. The summed E-state index contributed by atoms with van der Waals surface area (Å²) in [4.78, 5) is 12.2. The third-order valence-corrected chi connectivity index (χ3v) is 3.77. The van der Waals surface area contributed by atoms with Gasteiger partial charge in [-0.15, -0.1) is 0 Å². The van der Waals surface area contributed by atoms with Crippen molar-refractivity contribution >= 4 is 58.0 Å². The Bertz CT molecular complexity index is 671. The highest BCUT2D eigenvalue weighted by atomic mass is 35.6. The summed E-state index contributed by atoms with van der Waals surface area (Å²) in [7, 11) is 0. The smallest absolute Gasteiger partial charge is 0.252 e. The molecule has 1 unspecified atom stereocenters. The number of halogens is 5. The second-order valence-corrected chi connectivity index (χ2v) is 7.41. The molecule has 0 saturated heterocycles. The summed E-state index contributed by atoms with van der Waals surface area (Å²) in [5.74, 6) is -0.957. The molecule has 0 fully saturated rings. The molecule has 0 saturated carbocycles. The molecule has 1 amide bonds. The van der Waals surface area contributed by atoms with Crippen molar-refractivity contribution in [3.8, 4) is 0 Å². The first-order valence-corrected chi connectivity index (χ1v) is 7.92. The number of carbonyl (C=O) groups is 1. The van der Waals surface area contributed by atoms with E-state index in [-0.39, 0.29) is 5.56 Å². The first kappa shape index (κ1) is 18.1. The largest absolute Gasteiger partial charge is 0.362 e. The highest BCUT2D eigenvalue weighted by molar-refractivity contribution is 6.68. The minimum Gasteiger partial charge on any atom is -0.362 e. The van der Waals surface area contributed by atoms with Crippen LogP contribution in [0.15, 0.2) is 48.5 Å². The van der Waals surface area contributed by atoms with Crippen LogP contribution in [0.2, 0.25) is 5.02 Å². The SMILES string of the molecule is O=C(NC(Nc1ccc(Cl)cc1)C(Cl)(Cl)Cl)c1ccc(F)cc1. The van der Waals surface area contributed by atoms with Crippen LogP contribution < -0.4 is 10.6 Å². The third-order valence-electron chi connectivity index (χ3n) is 2.86. The summed E-state index contributed by atoms with van der Waals surface area (Å²) < 4.78 is 11.1. The van der Waals surface area contributed by atoms with E-state index in [1.807, 2.05) is 0 Å². The molecule has 0 aliphatic heterocycles. The van der Waals surface area contributed by atoms with Gasteiger partial charge in [0.1, 0.15) is 12.0 Å². The van der Waals surface area contributed by atoms with Crippen LogP contribution in [0.25, 0.3) is 0 Å². The zero-order chi connectivity index (χ0) is 17.0. The van der Waals surface area contributed by atoms with Crippen molar-refractivity contribution in [2.45, 2.75) is 9.96 Å².